The quantitative estimate of drug-likeness (QED) is 0.835. The van der Waals surface area contributed by atoms with Crippen LogP contribution < -0.4 is 0 Å². The Bertz CT molecular complexity index is 385. The van der Waals surface area contributed by atoms with Gasteiger partial charge in [-0.1, -0.05) is 11.8 Å². The summed E-state index contributed by atoms with van der Waals surface area (Å²) in [4.78, 5) is 1.37. The summed E-state index contributed by atoms with van der Waals surface area (Å²) in [5, 5.41) is 11.4. The molecule has 0 bridgehead atoms. The summed E-state index contributed by atoms with van der Waals surface area (Å²) in [5.74, 6) is 7.04. The van der Waals surface area contributed by atoms with E-state index < -0.39 is 0 Å². The molecule has 4 heteroatoms. The van der Waals surface area contributed by atoms with E-state index >= 15 is 0 Å². The number of aliphatic hydroxyl groups is 1. The first-order chi connectivity index (χ1) is 7.88. The van der Waals surface area contributed by atoms with Gasteiger partial charge in [-0.05, 0) is 6.07 Å². The van der Waals surface area contributed by atoms with Crippen LogP contribution in [0.5, 0.6) is 0 Å². The molecule has 1 saturated heterocycles. The van der Waals surface area contributed by atoms with Crippen LogP contribution in [-0.4, -0.2) is 30.2 Å². The minimum Gasteiger partial charge on any atom is -0.395 e. The average Bonchev–Trinajstić information content (AvgIpc) is 2.64. The Morgan fingerprint density at radius 1 is 1.56 bits per heavy atom. The van der Waals surface area contributed by atoms with Gasteiger partial charge in [0.25, 0.3) is 0 Å². The third-order valence-electron chi connectivity index (χ3n) is 2.19. The van der Waals surface area contributed by atoms with Crippen molar-refractivity contribution >= 4 is 23.1 Å². The molecule has 0 saturated carbocycles. The Morgan fingerprint density at radius 3 is 3.12 bits per heavy atom. The van der Waals surface area contributed by atoms with Crippen molar-refractivity contribution in [1.82, 2.24) is 0 Å². The molecule has 0 radical (unpaired) electrons. The third kappa shape index (κ3) is 3.53. The van der Waals surface area contributed by atoms with Gasteiger partial charge >= 0.3 is 0 Å². The second kappa shape index (κ2) is 6.31. The molecule has 1 aromatic rings. The fourth-order valence-electron chi connectivity index (χ4n) is 1.25. The molecule has 1 fully saturated rings. The van der Waals surface area contributed by atoms with Gasteiger partial charge in [0.05, 0.1) is 25.1 Å². The van der Waals surface area contributed by atoms with E-state index in [0.29, 0.717) is 11.7 Å². The first kappa shape index (κ1) is 12.0. The maximum atomic E-state index is 8.61. The first-order valence-electron chi connectivity index (χ1n) is 5.25. The molecule has 2 heterocycles. The summed E-state index contributed by atoms with van der Waals surface area (Å²) in [6, 6.07) is 2.14. The second-order valence-corrected chi connectivity index (χ2v) is 5.83. The molecule has 1 aromatic heterocycles. The minimum absolute atomic E-state index is 0.140. The van der Waals surface area contributed by atoms with Crippen molar-refractivity contribution in [3.63, 3.8) is 0 Å². The van der Waals surface area contributed by atoms with Crippen LogP contribution in [0.15, 0.2) is 11.4 Å². The Kier molecular flexibility index (Phi) is 4.73. The van der Waals surface area contributed by atoms with Crippen molar-refractivity contribution in [2.45, 2.75) is 17.4 Å². The van der Waals surface area contributed by atoms with Crippen LogP contribution in [-0.2, 0) is 10.5 Å². The molecule has 0 aliphatic carbocycles. The van der Waals surface area contributed by atoms with Gasteiger partial charge in [-0.2, -0.15) is 0 Å². The van der Waals surface area contributed by atoms with Gasteiger partial charge in [0.2, 0.25) is 0 Å². The summed E-state index contributed by atoms with van der Waals surface area (Å²) in [7, 11) is 0. The molecule has 1 aliphatic heterocycles. The lowest BCUT2D eigenvalue weighted by Gasteiger charge is -2.24. The van der Waals surface area contributed by atoms with Gasteiger partial charge in [-0.15, -0.1) is 23.1 Å². The van der Waals surface area contributed by atoms with E-state index in [1.165, 1.54) is 4.88 Å². The normalized spacial score (nSPS) is 15.3. The summed E-state index contributed by atoms with van der Waals surface area (Å²) < 4.78 is 5.13. The highest BCUT2D eigenvalue weighted by atomic mass is 32.2. The highest BCUT2D eigenvalue weighted by Gasteiger charge is 2.18. The summed E-state index contributed by atoms with van der Waals surface area (Å²) >= 11 is 3.71. The van der Waals surface area contributed by atoms with Crippen molar-refractivity contribution < 1.29 is 9.84 Å². The lowest BCUT2D eigenvalue weighted by atomic mass is 10.3. The number of ether oxygens (including phenoxy) is 1. The van der Waals surface area contributed by atoms with E-state index in [-0.39, 0.29) is 6.61 Å². The molecule has 16 heavy (non-hydrogen) atoms. The smallest absolute Gasteiger partial charge is 0.0608 e. The number of hydrogen-bond acceptors (Lipinski definition) is 4. The number of thiophene rings is 1. The monoisotopic (exact) mass is 254 g/mol. The summed E-state index contributed by atoms with van der Waals surface area (Å²) in [5.41, 5.74) is 1.07. The zero-order valence-corrected chi connectivity index (χ0v) is 10.6. The zero-order valence-electron chi connectivity index (χ0n) is 8.94. The molecule has 0 atom stereocenters. The van der Waals surface area contributed by atoms with Gasteiger partial charge in [0, 0.05) is 28.0 Å². The molecule has 1 N–H and O–H groups in total. The fraction of sp³-hybridized carbons (Fsp3) is 0.500. The molecular weight excluding hydrogens is 240 g/mol. The van der Waals surface area contributed by atoms with E-state index in [9.17, 15) is 0 Å². The molecule has 2 nitrogen and oxygen atoms in total. The van der Waals surface area contributed by atoms with Crippen LogP contribution in [0.1, 0.15) is 16.9 Å². The number of hydrogen-bond donors (Lipinski definition) is 1. The predicted molar refractivity (Wildman–Crippen MR) is 68.8 cm³/mol. The molecule has 86 valence electrons. The fourth-order valence-corrected chi connectivity index (χ4v) is 3.20. The maximum absolute atomic E-state index is 8.61. The molecule has 0 unspecified atom stereocenters. The van der Waals surface area contributed by atoms with E-state index in [0.717, 1.165) is 24.5 Å². The van der Waals surface area contributed by atoms with E-state index in [1.54, 1.807) is 11.3 Å². The number of thioether (sulfide) groups is 1. The van der Waals surface area contributed by atoms with E-state index in [2.05, 4.69) is 23.3 Å². The Labute approximate surface area is 104 Å². The van der Waals surface area contributed by atoms with Crippen LogP contribution in [0.25, 0.3) is 0 Å². The van der Waals surface area contributed by atoms with Crippen LogP contribution in [0.4, 0.5) is 0 Å². The molecule has 1 aliphatic rings. The average molecular weight is 254 g/mol. The molecule has 2 rings (SSSR count). The van der Waals surface area contributed by atoms with Gasteiger partial charge in [-0.25, -0.2) is 0 Å². The van der Waals surface area contributed by atoms with Crippen molar-refractivity contribution in [3.05, 3.63) is 21.9 Å². The van der Waals surface area contributed by atoms with Gasteiger partial charge < -0.3 is 9.84 Å². The van der Waals surface area contributed by atoms with Crippen LogP contribution in [0.2, 0.25) is 0 Å². The lowest BCUT2D eigenvalue weighted by Crippen LogP contribution is -2.30. The molecular formula is C12H14O2S2. The van der Waals surface area contributed by atoms with E-state index in [1.807, 2.05) is 11.8 Å². The van der Waals surface area contributed by atoms with Gasteiger partial charge in [0.15, 0.2) is 0 Å². The summed E-state index contributed by atoms with van der Waals surface area (Å²) in [6.45, 7) is 1.94. The number of aliphatic hydroxyl groups excluding tert-OH is 1. The lowest BCUT2D eigenvalue weighted by molar-refractivity contribution is 0.0455. The predicted octanol–water partition coefficient (Wildman–Crippen LogP) is 2.11. The standard InChI is InChI=1S/C12H14O2S2/c13-4-2-1-3-10-5-11(15-8-10)9-16-12-6-14-7-12/h5,8,12-13H,2,4,6-7,9H2. The molecule has 0 aromatic carbocycles. The Hall–Kier alpha value is -0.470. The summed E-state index contributed by atoms with van der Waals surface area (Å²) in [6.07, 6.45) is 0.555. The largest absolute Gasteiger partial charge is 0.395 e. The van der Waals surface area contributed by atoms with Crippen molar-refractivity contribution in [2.24, 2.45) is 0 Å². The van der Waals surface area contributed by atoms with Gasteiger partial charge in [0.1, 0.15) is 0 Å². The van der Waals surface area contributed by atoms with E-state index in [4.69, 9.17) is 9.84 Å². The van der Waals surface area contributed by atoms with Crippen LogP contribution in [0.3, 0.4) is 0 Å². The second-order valence-electron chi connectivity index (χ2n) is 3.55. The maximum Gasteiger partial charge on any atom is 0.0608 e. The third-order valence-corrected chi connectivity index (χ3v) is 4.53. The Morgan fingerprint density at radius 2 is 2.44 bits per heavy atom. The minimum atomic E-state index is 0.140. The highest BCUT2D eigenvalue weighted by Crippen LogP contribution is 2.26. The van der Waals surface area contributed by atoms with Crippen LogP contribution >= 0.6 is 23.1 Å². The van der Waals surface area contributed by atoms with Crippen molar-refractivity contribution in [2.75, 3.05) is 19.8 Å². The van der Waals surface area contributed by atoms with Crippen LogP contribution in [0, 0.1) is 11.8 Å². The van der Waals surface area contributed by atoms with Crippen molar-refractivity contribution in [3.8, 4) is 11.8 Å². The molecule has 0 spiro atoms. The SMILES string of the molecule is OCCC#Cc1csc(CSC2COC2)c1. The Balaban J connectivity index is 1.80. The zero-order chi connectivity index (χ0) is 11.2. The highest BCUT2D eigenvalue weighted by molar-refractivity contribution is 7.99. The topological polar surface area (TPSA) is 29.5 Å². The molecule has 0 amide bonds. The first-order valence-corrected chi connectivity index (χ1v) is 7.18. The number of rotatable bonds is 4. The van der Waals surface area contributed by atoms with Crippen molar-refractivity contribution in [1.29, 1.82) is 0 Å². The van der Waals surface area contributed by atoms with Gasteiger partial charge in [-0.3, -0.25) is 0 Å².